The van der Waals surface area contributed by atoms with Gasteiger partial charge in [0, 0.05) is 85.2 Å². The topological polar surface area (TPSA) is 49.0 Å². The third kappa shape index (κ3) is 10.3. The van der Waals surface area contributed by atoms with Crippen LogP contribution in [0.1, 0.15) is 175 Å². The summed E-state index contributed by atoms with van der Waals surface area (Å²) in [7, 11) is 0. The number of hydrogen-bond acceptors (Lipinski definition) is 3. The van der Waals surface area contributed by atoms with E-state index in [1.165, 1.54) is 30.3 Å². The summed E-state index contributed by atoms with van der Waals surface area (Å²) >= 11 is 0. The van der Waals surface area contributed by atoms with E-state index in [1.54, 1.807) is 57.8 Å². The number of aryl methyl sites for hydroxylation is 2. The second-order valence-electron chi connectivity index (χ2n) is 29.2. The van der Waals surface area contributed by atoms with Crippen LogP contribution in [0.3, 0.4) is 0 Å². The molecule has 0 atom stereocenters. The number of nitrogens with zero attached hydrogens (tertiary/aromatic N) is 4. The number of furan rings is 1. The summed E-state index contributed by atoms with van der Waals surface area (Å²) in [6.07, 6.45) is -2.25. The van der Waals surface area contributed by atoms with Crippen LogP contribution in [0.25, 0.3) is 139 Å². The molecule has 0 fully saturated rings. The molecule has 0 amide bonds. The van der Waals surface area contributed by atoms with Crippen LogP contribution in [-0.2, 0) is 48.1 Å². The Morgan fingerprint density at radius 3 is 1.95 bits per heavy atom. The van der Waals surface area contributed by atoms with Gasteiger partial charge in [0.15, 0.2) is 0 Å². The predicted octanol–water partition coefficient (Wildman–Crippen LogP) is 24.4. The first-order chi connectivity index (χ1) is 58.2. The Morgan fingerprint density at radius 2 is 1.20 bits per heavy atom. The van der Waals surface area contributed by atoms with E-state index < -0.39 is 110 Å². The molecule has 18 rings (SSSR count). The molecule has 15 aromatic rings. The van der Waals surface area contributed by atoms with Gasteiger partial charge in [-0.3, -0.25) is 4.57 Å². The van der Waals surface area contributed by atoms with Gasteiger partial charge >= 0.3 is 0 Å². The van der Waals surface area contributed by atoms with Crippen LogP contribution in [-0.4, -0.2) is 14.1 Å². The Balaban J connectivity index is 0.0000112. The Kier molecular flexibility index (Phi) is 9.69. The number of pyridine rings is 1. The van der Waals surface area contributed by atoms with Crippen molar-refractivity contribution in [3.63, 3.8) is 0 Å². The Labute approximate surface area is 642 Å². The molecule has 4 aromatic heterocycles. The average Bonchev–Trinajstić information content (AvgIpc) is 0.880. The molecule has 0 bridgehead atoms. The van der Waals surface area contributed by atoms with E-state index in [0.29, 0.717) is 72.5 Å². The maximum Gasteiger partial charge on any atom is 0.268 e. The molecular formula is C94H82N4O2Pt-2. The average molecular weight is 1520 g/mol. The van der Waals surface area contributed by atoms with Crippen molar-refractivity contribution >= 4 is 54.8 Å². The predicted molar refractivity (Wildman–Crippen MR) is 412 cm³/mol. The maximum atomic E-state index is 10.7. The molecule has 0 spiro atoms. The van der Waals surface area contributed by atoms with Gasteiger partial charge in [0.2, 0.25) is 0 Å². The van der Waals surface area contributed by atoms with Gasteiger partial charge in [-0.15, -0.1) is 29.7 Å². The van der Waals surface area contributed by atoms with Crippen LogP contribution < -0.4 is 9.30 Å². The fraction of sp³-hybridized carbons (Fsp3) is 0.234. The third-order valence-corrected chi connectivity index (χ3v) is 20.8. The van der Waals surface area contributed by atoms with Gasteiger partial charge in [-0.2, -0.15) is 18.2 Å². The SMILES string of the molecule is [2H]c1c([2H])c2c(c([2H])c1-c1cc3c4c(c1)n(-c1[c-]c(Oc5[c-]c6c(cc5)c5ccccc5n6-c5cc(C(C)(C)C)ccn5)ccc1)[c-][n+]4-c1c(-c4ccc5oc6ccccc6c5c4)cc(-c4c(C([2H])([2H])[2H])cccc4C([2H])([2H])[2H])cc1-c1cc4c(cc1-c1ccccc1-3)C(C)(C)CCC4(C)C)C(C([2H])([2H])[2H])(C([2H])([2H])[2H])C([2H])([2H])C([2H])([2H])C2(C([2H])([2H])[2H])C([2H])([2H])[2H].[Pt]. The largest absolute Gasteiger partial charge is 0.510 e. The summed E-state index contributed by atoms with van der Waals surface area (Å²) in [5.41, 5.74) is -5.15. The molecule has 6 nitrogen and oxygen atoms in total. The molecule has 7 heteroatoms. The molecular weight excluding hydrogens is 1410 g/mol. The van der Waals surface area contributed by atoms with E-state index in [1.807, 2.05) is 108 Å². The van der Waals surface area contributed by atoms with Crippen LogP contribution in [0.2, 0.25) is 0 Å². The number of ether oxygens (including phenoxy) is 1. The maximum absolute atomic E-state index is 10.7. The minimum atomic E-state index is -4.63. The van der Waals surface area contributed by atoms with E-state index in [4.69, 9.17) is 22.4 Å². The molecule has 101 heavy (non-hydrogen) atoms. The van der Waals surface area contributed by atoms with Crippen molar-refractivity contribution in [1.82, 2.24) is 14.1 Å². The minimum absolute atomic E-state index is 0. The van der Waals surface area contributed by atoms with Crippen LogP contribution >= 0.6 is 0 Å². The van der Waals surface area contributed by atoms with Crippen LogP contribution in [0.4, 0.5) is 0 Å². The fourth-order valence-corrected chi connectivity index (χ4v) is 15.5. The zero-order valence-corrected chi connectivity index (χ0v) is 58.6. The van der Waals surface area contributed by atoms with Crippen LogP contribution in [0, 0.1) is 32.2 Å². The van der Waals surface area contributed by atoms with Crippen molar-refractivity contribution in [2.45, 2.75) is 142 Å². The smallest absolute Gasteiger partial charge is 0.268 e. The third-order valence-electron chi connectivity index (χ3n) is 20.8. The first kappa shape index (κ1) is 42.4. The summed E-state index contributed by atoms with van der Waals surface area (Å²) in [5.74, 6) is 0.971. The normalized spacial score (nSPS) is 20.8. The molecule has 0 saturated heterocycles. The number of para-hydroxylation sites is 2. The van der Waals surface area contributed by atoms with Crippen molar-refractivity contribution in [2.24, 2.45) is 0 Å². The standard InChI is InChI=1S/C94H82N4O2.Pt/c1-56-22-20-23-57(2)87(56)61-46-71(59-33-37-85-74(44-59)70-29-17-19-31-84(70)100-85)88-76(47-61)73-54-80-79(93(10,11)41-42-94(80,12)13)53-72(73)66-26-14-15-27-67(66)75-45-60(58-32-36-77-78(48-58)92(8,9)40-39-91(77,6)7)49-83-89(75)97(88)55-96(83)63-24-21-25-64(51-63)99-65-34-35-69-68-28-16-18-30-81(68)98(82(69)52-65)86-50-62(38-43-95-86)90(3,4)5;/h14-38,43-50,53-54H,39-42H2,1-13H3;/q-2;/i1D3,2D3,6D3,7D3,8D3,9D3,32D,36D,39D2,40D2,48D;. The van der Waals surface area contributed by atoms with Crippen LogP contribution in [0.15, 0.2) is 217 Å². The minimum Gasteiger partial charge on any atom is -0.510 e. The summed E-state index contributed by atoms with van der Waals surface area (Å²) in [6.45, 7) is -8.22. The van der Waals surface area contributed by atoms with Crippen molar-refractivity contribution in [3.05, 3.63) is 270 Å². The zero-order valence-electron chi connectivity index (χ0n) is 81.3. The number of imidazole rings is 1. The molecule has 0 N–H and O–H groups in total. The summed E-state index contributed by atoms with van der Waals surface area (Å²) in [6, 6.07) is 58.9. The van der Waals surface area contributed by atoms with Crippen molar-refractivity contribution < 1.29 is 69.1 Å². The van der Waals surface area contributed by atoms with Gasteiger partial charge in [0.05, 0.1) is 20.8 Å². The Hall–Kier alpha value is -9.87. The molecule has 1 aliphatic heterocycles. The summed E-state index contributed by atoms with van der Waals surface area (Å²) in [4.78, 5) is 4.88. The Morgan fingerprint density at radius 1 is 0.535 bits per heavy atom. The summed E-state index contributed by atoms with van der Waals surface area (Å²) < 4.78 is 255. The molecule has 0 radical (unpaired) electrons. The molecule has 502 valence electrons. The fourth-order valence-electron chi connectivity index (χ4n) is 15.5. The number of benzene rings is 11. The molecule has 0 saturated carbocycles. The number of rotatable bonds is 7. The van der Waals surface area contributed by atoms with Gasteiger partial charge in [-0.1, -0.05) is 197 Å². The van der Waals surface area contributed by atoms with E-state index in [9.17, 15) is 26.0 Å². The van der Waals surface area contributed by atoms with Gasteiger partial charge in [-0.05, 0) is 244 Å². The first-order valence-corrected chi connectivity index (χ1v) is 33.6. The number of hydrogen-bond donors (Lipinski definition) is 0. The second kappa shape index (κ2) is 23.1. The zero-order chi connectivity index (χ0) is 89.9. The quantitative estimate of drug-likeness (QED) is 0.118. The Bertz CT molecular complexity index is 7050. The van der Waals surface area contributed by atoms with Crippen molar-refractivity contribution in [3.8, 4) is 95.5 Å². The van der Waals surface area contributed by atoms with Gasteiger partial charge in [-0.25, -0.2) is 4.98 Å². The van der Waals surface area contributed by atoms with E-state index in [2.05, 4.69) is 79.1 Å². The second-order valence-corrected chi connectivity index (χ2v) is 29.2. The van der Waals surface area contributed by atoms with E-state index in [0.717, 1.165) is 51.2 Å². The molecule has 11 aromatic carbocycles. The molecule has 5 heterocycles. The summed E-state index contributed by atoms with van der Waals surface area (Å²) in [5, 5.41) is 3.14. The molecule has 3 aliphatic rings. The molecule has 0 unspecified atom stereocenters. The number of fused-ring (bicyclic) bond motifs is 15. The van der Waals surface area contributed by atoms with E-state index >= 15 is 0 Å². The van der Waals surface area contributed by atoms with Crippen LogP contribution in [0.5, 0.6) is 11.5 Å². The molecule has 2 aliphatic carbocycles. The van der Waals surface area contributed by atoms with Gasteiger partial charge < -0.3 is 18.3 Å². The van der Waals surface area contributed by atoms with E-state index in [-0.39, 0.29) is 88.1 Å². The first-order valence-electron chi connectivity index (χ1n) is 46.1. The van der Waals surface area contributed by atoms with Crippen molar-refractivity contribution in [2.75, 3.05) is 0 Å². The monoisotopic (exact) mass is 1520 g/mol. The van der Waals surface area contributed by atoms with Gasteiger partial charge in [0.1, 0.15) is 17.0 Å². The number of aromatic nitrogens is 4. The van der Waals surface area contributed by atoms with Crippen molar-refractivity contribution in [1.29, 1.82) is 0 Å². The van der Waals surface area contributed by atoms with Gasteiger partial charge in [0.25, 0.3) is 6.33 Å².